The van der Waals surface area contributed by atoms with Gasteiger partial charge in [-0.05, 0) is 40.4 Å². The molecule has 0 bridgehead atoms. The molecule has 5 heteroatoms. The van der Waals surface area contributed by atoms with Crippen molar-refractivity contribution in [1.82, 2.24) is 20.0 Å². The highest BCUT2D eigenvalue weighted by atomic mass is 16.5. The van der Waals surface area contributed by atoms with E-state index >= 15 is 0 Å². The summed E-state index contributed by atoms with van der Waals surface area (Å²) in [6.07, 6.45) is 1.82. The van der Waals surface area contributed by atoms with Crippen molar-refractivity contribution in [3.05, 3.63) is 11.9 Å². The summed E-state index contributed by atoms with van der Waals surface area (Å²) in [5, 5.41) is 8.11. The Morgan fingerprint density at radius 2 is 1.90 bits per heavy atom. The minimum atomic E-state index is -0.0280. The number of hydrogen-bond acceptors (Lipinski definition) is 4. The van der Waals surface area contributed by atoms with Crippen LogP contribution in [0.25, 0.3) is 0 Å². The van der Waals surface area contributed by atoms with Crippen molar-refractivity contribution in [2.45, 2.75) is 59.7 Å². The zero-order chi connectivity index (χ0) is 16.0. The lowest BCUT2D eigenvalue weighted by atomic mass is 9.89. The molecular weight excluding hydrogens is 264 g/mol. The molecule has 0 aromatic carbocycles. The molecule has 0 saturated carbocycles. The second-order valence-corrected chi connectivity index (χ2v) is 5.73. The van der Waals surface area contributed by atoms with Crippen LogP contribution in [0.5, 0.6) is 5.75 Å². The van der Waals surface area contributed by atoms with Gasteiger partial charge in [0.1, 0.15) is 0 Å². The number of nitrogens with zero attached hydrogens (tertiary/aromatic N) is 3. The van der Waals surface area contributed by atoms with E-state index < -0.39 is 0 Å². The molecule has 5 nitrogen and oxygen atoms in total. The lowest BCUT2D eigenvalue weighted by Crippen LogP contribution is -2.53. The second-order valence-electron chi connectivity index (χ2n) is 5.73. The first kappa shape index (κ1) is 18.0. The summed E-state index contributed by atoms with van der Waals surface area (Å²) < 4.78 is 7.59. The van der Waals surface area contributed by atoms with Crippen LogP contribution < -0.4 is 10.1 Å². The van der Waals surface area contributed by atoms with Gasteiger partial charge in [0.25, 0.3) is 0 Å². The fourth-order valence-corrected chi connectivity index (χ4v) is 3.18. The van der Waals surface area contributed by atoms with Gasteiger partial charge < -0.3 is 10.1 Å². The number of aryl methyl sites for hydroxylation is 1. The van der Waals surface area contributed by atoms with Gasteiger partial charge in [-0.25, -0.2) is 0 Å². The van der Waals surface area contributed by atoms with Crippen LogP contribution in [0.1, 0.15) is 53.3 Å². The summed E-state index contributed by atoms with van der Waals surface area (Å²) >= 11 is 0. The Balaban J connectivity index is 3.32. The Hall–Kier alpha value is -1.07. The Labute approximate surface area is 129 Å². The third-order valence-corrected chi connectivity index (χ3v) is 4.33. The van der Waals surface area contributed by atoms with Gasteiger partial charge >= 0.3 is 0 Å². The SMILES string of the molecule is CCNC(c1c(OC)cnn1CC)C(C)(C)N(CC)CC. The molecule has 1 aromatic heterocycles. The van der Waals surface area contributed by atoms with Crippen molar-refractivity contribution >= 4 is 0 Å². The third-order valence-electron chi connectivity index (χ3n) is 4.33. The number of ether oxygens (including phenoxy) is 1. The largest absolute Gasteiger partial charge is 0.493 e. The molecule has 1 unspecified atom stereocenters. The number of methoxy groups -OCH3 is 1. The number of rotatable bonds is 9. The van der Waals surface area contributed by atoms with Crippen LogP contribution in [0.4, 0.5) is 0 Å². The van der Waals surface area contributed by atoms with Gasteiger partial charge in [0.15, 0.2) is 5.75 Å². The van der Waals surface area contributed by atoms with E-state index in [4.69, 9.17) is 4.74 Å². The van der Waals surface area contributed by atoms with E-state index in [-0.39, 0.29) is 11.6 Å². The zero-order valence-electron chi connectivity index (χ0n) is 14.7. The highest BCUT2D eigenvalue weighted by Gasteiger charge is 2.38. The Bertz CT molecular complexity index is 402. The summed E-state index contributed by atoms with van der Waals surface area (Å²) in [4.78, 5) is 2.48. The van der Waals surface area contributed by atoms with Crippen molar-refractivity contribution in [2.75, 3.05) is 26.7 Å². The highest BCUT2D eigenvalue weighted by Crippen LogP contribution is 2.35. The summed E-state index contributed by atoms with van der Waals surface area (Å²) in [7, 11) is 1.72. The smallest absolute Gasteiger partial charge is 0.161 e. The molecule has 0 radical (unpaired) electrons. The maximum atomic E-state index is 5.56. The second kappa shape index (κ2) is 7.80. The van der Waals surface area contributed by atoms with E-state index in [0.29, 0.717) is 0 Å². The van der Waals surface area contributed by atoms with Gasteiger partial charge in [0, 0.05) is 12.1 Å². The first-order valence-corrected chi connectivity index (χ1v) is 8.05. The molecule has 1 rings (SSSR count). The predicted octanol–water partition coefficient (Wildman–Crippen LogP) is 2.68. The molecule has 0 aliphatic heterocycles. The van der Waals surface area contributed by atoms with E-state index in [9.17, 15) is 0 Å². The quantitative estimate of drug-likeness (QED) is 0.761. The molecule has 0 spiro atoms. The van der Waals surface area contributed by atoms with Gasteiger partial charge in [-0.3, -0.25) is 9.58 Å². The van der Waals surface area contributed by atoms with Crippen molar-refractivity contribution in [2.24, 2.45) is 0 Å². The third kappa shape index (κ3) is 3.58. The number of hydrogen-bond donors (Lipinski definition) is 1. The number of nitrogens with one attached hydrogen (secondary N) is 1. The topological polar surface area (TPSA) is 42.3 Å². The normalized spacial score (nSPS) is 13.7. The molecule has 0 fully saturated rings. The average Bonchev–Trinajstić information content (AvgIpc) is 2.87. The molecule has 1 heterocycles. The first-order chi connectivity index (χ1) is 9.97. The van der Waals surface area contributed by atoms with Gasteiger partial charge in [0.2, 0.25) is 0 Å². The first-order valence-electron chi connectivity index (χ1n) is 8.05. The molecule has 1 atom stereocenters. The Morgan fingerprint density at radius 1 is 1.29 bits per heavy atom. The lowest BCUT2D eigenvalue weighted by Gasteiger charge is -2.44. The summed E-state index contributed by atoms with van der Waals surface area (Å²) in [5.41, 5.74) is 1.11. The lowest BCUT2D eigenvalue weighted by molar-refractivity contribution is 0.0870. The van der Waals surface area contributed by atoms with E-state index in [0.717, 1.165) is 37.6 Å². The van der Waals surface area contributed by atoms with E-state index in [1.54, 1.807) is 7.11 Å². The fourth-order valence-electron chi connectivity index (χ4n) is 3.18. The van der Waals surface area contributed by atoms with Crippen LogP contribution >= 0.6 is 0 Å². The number of likely N-dealkylation sites (N-methyl/N-ethyl adjacent to an activating group) is 2. The molecule has 21 heavy (non-hydrogen) atoms. The van der Waals surface area contributed by atoms with Crippen molar-refractivity contribution < 1.29 is 4.74 Å². The fraction of sp³-hybridized carbons (Fsp3) is 0.812. The average molecular weight is 296 g/mol. The van der Waals surface area contributed by atoms with Crippen LogP contribution in [0, 0.1) is 0 Å². The highest BCUT2D eigenvalue weighted by molar-refractivity contribution is 5.31. The molecule has 0 aliphatic carbocycles. The minimum Gasteiger partial charge on any atom is -0.493 e. The van der Waals surface area contributed by atoms with Crippen molar-refractivity contribution in [1.29, 1.82) is 0 Å². The van der Waals surface area contributed by atoms with Gasteiger partial charge in [-0.2, -0.15) is 5.10 Å². The molecule has 0 aliphatic rings. The van der Waals surface area contributed by atoms with Gasteiger partial charge in [-0.15, -0.1) is 0 Å². The Morgan fingerprint density at radius 3 is 2.33 bits per heavy atom. The van der Waals surface area contributed by atoms with Gasteiger partial charge in [0.05, 0.1) is 25.0 Å². The summed E-state index contributed by atoms with van der Waals surface area (Å²) in [5.74, 6) is 0.864. The molecular formula is C16H32N4O. The molecule has 0 amide bonds. The van der Waals surface area contributed by atoms with Crippen LogP contribution in [0.15, 0.2) is 6.20 Å². The van der Waals surface area contributed by atoms with E-state index in [2.05, 4.69) is 56.9 Å². The number of aromatic nitrogens is 2. The molecule has 1 N–H and O–H groups in total. The van der Waals surface area contributed by atoms with Crippen LogP contribution in [-0.4, -0.2) is 47.0 Å². The minimum absolute atomic E-state index is 0.0280. The summed E-state index contributed by atoms with van der Waals surface area (Å²) in [6, 6.07) is 0.166. The maximum absolute atomic E-state index is 5.56. The van der Waals surface area contributed by atoms with Crippen LogP contribution in [-0.2, 0) is 6.54 Å². The molecule has 0 saturated heterocycles. The molecule has 1 aromatic rings. The monoisotopic (exact) mass is 296 g/mol. The predicted molar refractivity (Wildman–Crippen MR) is 87.9 cm³/mol. The van der Waals surface area contributed by atoms with Gasteiger partial charge in [-0.1, -0.05) is 20.8 Å². The van der Waals surface area contributed by atoms with E-state index in [1.165, 1.54) is 0 Å². The van der Waals surface area contributed by atoms with Crippen LogP contribution in [0.2, 0.25) is 0 Å². The standard InChI is InChI=1S/C16H32N4O/c1-8-17-15(16(5,6)19(9-2)10-3)14-13(21-7)12-18-20(14)11-4/h12,15,17H,8-11H2,1-7H3. The maximum Gasteiger partial charge on any atom is 0.161 e. The molecule has 122 valence electrons. The van der Waals surface area contributed by atoms with Crippen LogP contribution in [0.3, 0.4) is 0 Å². The summed E-state index contributed by atoms with van der Waals surface area (Å²) in [6.45, 7) is 17.1. The van der Waals surface area contributed by atoms with E-state index in [1.807, 2.05) is 10.9 Å². The zero-order valence-corrected chi connectivity index (χ0v) is 14.7. The van der Waals surface area contributed by atoms with Crippen molar-refractivity contribution in [3.8, 4) is 5.75 Å². The van der Waals surface area contributed by atoms with Crippen molar-refractivity contribution in [3.63, 3.8) is 0 Å². The Kier molecular flexibility index (Phi) is 6.68.